The van der Waals surface area contributed by atoms with Crippen molar-refractivity contribution in [3.8, 4) is 78.4 Å². The Morgan fingerprint density at radius 1 is 0.259 bits per heavy atom. The van der Waals surface area contributed by atoms with Crippen molar-refractivity contribution in [2.45, 2.75) is 0 Å². The topological polar surface area (TPSA) is 57.4 Å². The van der Waals surface area contributed by atoms with Crippen molar-refractivity contribution < 1.29 is 0 Å². The number of nitrogens with zero attached hydrogens (tertiary/aromatic N) is 2. The lowest BCUT2D eigenvalue weighted by molar-refractivity contribution is 1.33. The Balaban J connectivity index is 0.984. The second-order valence-electron chi connectivity index (χ2n) is 14.1. The molecular weight excluding hydrogens is 976 g/mol. The molecule has 0 aliphatic heterocycles. The van der Waals surface area contributed by atoms with E-state index in [2.05, 4.69) is 244 Å². The predicted molar refractivity (Wildman–Crippen MR) is 255 cm³/mol. The third-order valence-electron chi connectivity index (χ3n) is 10.6. The van der Waals surface area contributed by atoms with Crippen LogP contribution in [-0.2, 0) is 0 Å². The van der Waals surface area contributed by atoms with E-state index in [0.29, 0.717) is 0 Å². The fraction of sp³-hybridized carbons (Fsp3) is 0. The van der Waals surface area contributed by atoms with Crippen molar-refractivity contribution in [3.63, 3.8) is 0 Å². The minimum atomic E-state index is 0.828. The van der Waals surface area contributed by atoms with Gasteiger partial charge in [-0.3, -0.25) is 0 Å². The van der Waals surface area contributed by atoms with Crippen LogP contribution < -0.4 is 0 Å². The predicted octanol–water partition coefficient (Wildman–Crippen LogP) is 16.2. The molecule has 2 aromatic heterocycles. The summed E-state index contributed by atoms with van der Waals surface area (Å²) in [5.41, 5.74) is 17.1. The Morgan fingerprint density at radius 3 is 0.810 bits per heavy atom. The first-order valence-corrected chi connectivity index (χ1v) is 21.8. The van der Waals surface area contributed by atoms with Crippen molar-refractivity contribution in [1.82, 2.24) is 19.9 Å². The Labute approximate surface area is 369 Å². The van der Waals surface area contributed by atoms with Crippen LogP contribution in [0.3, 0.4) is 0 Å². The average Bonchev–Trinajstić information content (AvgIpc) is 3.91. The standard InChI is InChI=1S/C50H30Br4N4/c51-37-17-9-31(10-18-37)41-25-26-42(32-11-19-38(52)20-12-32)46-45(41)55-49(56-46)35-5-1-29(2-6-35)30-3-7-36(8-4-30)50-57-47-43(33-13-21-39(53)22-14-33)27-28-44(48(47)58-50)34-15-23-40(54)24-16-34/h1-28H,(H,55,56)(H,57,58). The molecule has 4 nitrogen and oxygen atoms in total. The summed E-state index contributed by atoms with van der Waals surface area (Å²) in [5, 5.41) is 0. The molecule has 0 unspecified atom stereocenters. The zero-order chi connectivity index (χ0) is 39.3. The molecule has 10 rings (SSSR count). The van der Waals surface area contributed by atoms with E-state index in [1.165, 1.54) is 0 Å². The van der Waals surface area contributed by atoms with Gasteiger partial charge in [0, 0.05) is 51.3 Å². The number of nitrogens with one attached hydrogen (secondary N) is 2. The molecule has 8 heteroatoms. The Kier molecular flexibility index (Phi) is 9.82. The van der Waals surface area contributed by atoms with Gasteiger partial charge in [-0.25, -0.2) is 9.97 Å². The summed E-state index contributed by atoms with van der Waals surface area (Å²) < 4.78 is 4.18. The van der Waals surface area contributed by atoms with Crippen LogP contribution >= 0.6 is 63.7 Å². The van der Waals surface area contributed by atoms with Crippen LogP contribution in [0.15, 0.2) is 188 Å². The number of H-pyrrole nitrogens is 2. The number of fused-ring (bicyclic) bond motifs is 2. The van der Waals surface area contributed by atoms with Crippen molar-refractivity contribution >= 4 is 85.8 Å². The molecule has 0 saturated heterocycles. The fourth-order valence-corrected chi connectivity index (χ4v) is 8.62. The molecule has 2 N–H and O–H groups in total. The Morgan fingerprint density at radius 2 is 0.500 bits per heavy atom. The number of hydrogen-bond acceptors (Lipinski definition) is 2. The molecule has 8 aromatic carbocycles. The first kappa shape index (κ1) is 36.9. The summed E-state index contributed by atoms with van der Waals surface area (Å²) >= 11 is 14.3. The number of rotatable bonds is 7. The van der Waals surface area contributed by atoms with Gasteiger partial charge in [-0.1, -0.05) is 185 Å². The maximum absolute atomic E-state index is 5.22. The van der Waals surface area contributed by atoms with Crippen molar-refractivity contribution in [2.24, 2.45) is 0 Å². The number of benzene rings is 8. The van der Waals surface area contributed by atoms with E-state index in [0.717, 1.165) is 118 Å². The van der Waals surface area contributed by atoms with Gasteiger partial charge in [0.15, 0.2) is 0 Å². The largest absolute Gasteiger partial charge is 0.337 e. The van der Waals surface area contributed by atoms with Gasteiger partial charge >= 0.3 is 0 Å². The number of aromatic nitrogens is 4. The van der Waals surface area contributed by atoms with Crippen LogP contribution in [0.4, 0.5) is 0 Å². The highest BCUT2D eigenvalue weighted by Crippen LogP contribution is 2.39. The van der Waals surface area contributed by atoms with Crippen molar-refractivity contribution in [2.75, 3.05) is 0 Å². The van der Waals surface area contributed by atoms with Gasteiger partial charge in [0.25, 0.3) is 0 Å². The third kappa shape index (κ3) is 7.09. The quantitative estimate of drug-likeness (QED) is 0.167. The van der Waals surface area contributed by atoms with Crippen LogP contribution in [0.25, 0.3) is 100 Å². The number of hydrogen-bond donors (Lipinski definition) is 2. The second-order valence-corrected chi connectivity index (χ2v) is 17.8. The summed E-state index contributed by atoms with van der Waals surface area (Å²) in [6.45, 7) is 0. The average molecular weight is 1010 g/mol. The van der Waals surface area contributed by atoms with E-state index < -0.39 is 0 Å². The molecule has 278 valence electrons. The summed E-state index contributed by atoms with van der Waals surface area (Å²) in [5.74, 6) is 1.66. The molecule has 0 fully saturated rings. The molecule has 0 atom stereocenters. The van der Waals surface area contributed by atoms with Gasteiger partial charge in [0.2, 0.25) is 0 Å². The van der Waals surface area contributed by atoms with Gasteiger partial charge in [0.1, 0.15) is 11.6 Å². The van der Waals surface area contributed by atoms with Crippen molar-refractivity contribution in [1.29, 1.82) is 0 Å². The van der Waals surface area contributed by atoms with Crippen LogP contribution in [0.5, 0.6) is 0 Å². The summed E-state index contributed by atoms with van der Waals surface area (Å²) in [6, 6.07) is 59.6. The third-order valence-corrected chi connectivity index (χ3v) is 12.7. The monoisotopic (exact) mass is 1000 g/mol. The van der Waals surface area contributed by atoms with E-state index in [9.17, 15) is 0 Å². The molecular formula is C50H30Br4N4. The zero-order valence-corrected chi connectivity index (χ0v) is 36.9. The first-order chi connectivity index (χ1) is 28.3. The SMILES string of the molecule is Brc1ccc(-c2ccc(-c3ccc(Br)cc3)c3[nH]c(-c4ccc(-c5ccc(-c6nc7c(-c8ccc(Br)cc8)ccc(-c8ccc(Br)cc8)c7[nH]6)cc5)cc4)nc23)cc1. The number of halogens is 4. The molecule has 58 heavy (non-hydrogen) atoms. The van der Waals surface area contributed by atoms with Crippen LogP contribution in [0.1, 0.15) is 0 Å². The smallest absolute Gasteiger partial charge is 0.138 e. The lowest BCUT2D eigenvalue weighted by Crippen LogP contribution is -1.85. The molecule has 0 radical (unpaired) electrons. The van der Waals surface area contributed by atoms with Crippen LogP contribution in [0, 0.1) is 0 Å². The highest BCUT2D eigenvalue weighted by atomic mass is 79.9. The highest BCUT2D eigenvalue weighted by Gasteiger charge is 2.18. The normalized spacial score (nSPS) is 11.4. The number of aromatic amines is 2. The maximum Gasteiger partial charge on any atom is 0.138 e. The zero-order valence-electron chi connectivity index (χ0n) is 30.6. The van der Waals surface area contributed by atoms with Gasteiger partial charge in [-0.05, 0) is 81.9 Å². The van der Waals surface area contributed by atoms with Crippen molar-refractivity contribution in [3.05, 3.63) is 188 Å². The summed E-state index contributed by atoms with van der Waals surface area (Å²) in [6.07, 6.45) is 0. The Hall–Kier alpha value is -5.38. The molecule has 2 heterocycles. The van der Waals surface area contributed by atoms with E-state index in [1.807, 2.05) is 0 Å². The fourth-order valence-electron chi connectivity index (χ4n) is 7.56. The van der Waals surface area contributed by atoms with E-state index >= 15 is 0 Å². The number of imidazole rings is 2. The minimum Gasteiger partial charge on any atom is -0.337 e. The Bertz CT molecular complexity index is 2720. The van der Waals surface area contributed by atoms with Gasteiger partial charge in [-0.2, -0.15) is 0 Å². The first-order valence-electron chi connectivity index (χ1n) is 18.6. The van der Waals surface area contributed by atoms with E-state index in [1.54, 1.807) is 0 Å². The second kappa shape index (κ2) is 15.4. The summed E-state index contributed by atoms with van der Waals surface area (Å²) in [4.78, 5) is 17.8. The maximum atomic E-state index is 5.22. The summed E-state index contributed by atoms with van der Waals surface area (Å²) in [7, 11) is 0. The lowest BCUT2D eigenvalue weighted by atomic mass is 9.98. The molecule has 0 saturated carbocycles. The molecule has 0 aliphatic carbocycles. The molecule has 0 aliphatic rings. The minimum absolute atomic E-state index is 0.828. The molecule has 0 spiro atoms. The van der Waals surface area contributed by atoms with E-state index in [-0.39, 0.29) is 0 Å². The van der Waals surface area contributed by atoms with Gasteiger partial charge in [-0.15, -0.1) is 0 Å². The lowest BCUT2D eigenvalue weighted by Gasteiger charge is -2.08. The van der Waals surface area contributed by atoms with E-state index in [4.69, 9.17) is 9.97 Å². The van der Waals surface area contributed by atoms with Crippen LogP contribution in [-0.4, -0.2) is 19.9 Å². The molecule has 0 bridgehead atoms. The van der Waals surface area contributed by atoms with Gasteiger partial charge < -0.3 is 9.97 Å². The van der Waals surface area contributed by atoms with Gasteiger partial charge in [0.05, 0.1) is 22.1 Å². The molecule has 0 amide bonds. The van der Waals surface area contributed by atoms with Crippen LogP contribution in [0.2, 0.25) is 0 Å². The molecule has 10 aromatic rings. The highest BCUT2D eigenvalue weighted by molar-refractivity contribution is 9.11.